The molecule has 9 heteroatoms. The molecule has 0 atom stereocenters. The lowest BCUT2D eigenvalue weighted by atomic mass is 10.0. The fourth-order valence-corrected chi connectivity index (χ4v) is 1.17. The van der Waals surface area contributed by atoms with Crippen LogP contribution in [0.25, 0.3) is 0 Å². The van der Waals surface area contributed by atoms with Crippen molar-refractivity contribution in [1.29, 1.82) is 0 Å². The van der Waals surface area contributed by atoms with Gasteiger partial charge in [0.15, 0.2) is 0 Å². The SMILES string of the molecule is FC(F)c1cncc(C(F)(F)F)c1C(F)(F)F. The summed E-state index contributed by atoms with van der Waals surface area (Å²) < 4.78 is 98.2. The summed E-state index contributed by atoms with van der Waals surface area (Å²) in [6.45, 7) is 0. The van der Waals surface area contributed by atoms with Crippen molar-refractivity contribution in [3.63, 3.8) is 0 Å². The lowest BCUT2D eigenvalue weighted by Gasteiger charge is -2.17. The Kier molecular flexibility index (Phi) is 3.30. The number of hydrogen-bond acceptors (Lipinski definition) is 1. The maximum atomic E-state index is 12.3. The van der Waals surface area contributed by atoms with E-state index in [0.29, 0.717) is 0 Å². The Bertz CT molecular complexity index is 405. The smallest absolute Gasteiger partial charge is 0.264 e. The summed E-state index contributed by atoms with van der Waals surface area (Å²) in [6.07, 6.45) is -14.7. The van der Waals surface area contributed by atoms with Crippen molar-refractivity contribution in [2.75, 3.05) is 0 Å². The molecule has 0 radical (unpaired) electrons. The molecule has 17 heavy (non-hydrogen) atoms. The zero-order valence-corrected chi connectivity index (χ0v) is 7.70. The van der Waals surface area contributed by atoms with E-state index in [2.05, 4.69) is 4.98 Å². The maximum Gasteiger partial charge on any atom is 0.418 e. The average molecular weight is 265 g/mol. The van der Waals surface area contributed by atoms with E-state index >= 15 is 0 Å². The molecule has 0 aliphatic rings. The van der Waals surface area contributed by atoms with Crippen molar-refractivity contribution in [1.82, 2.24) is 4.98 Å². The highest BCUT2D eigenvalue weighted by Gasteiger charge is 2.46. The number of aromatic nitrogens is 1. The Labute approximate surface area is 89.1 Å². The summed E-state index contributed by atoms with van der Waals surface area (Å²) in [6, 6.07) is 0. The van der Waals surface area contributed by atoms with Crippen LogP contribution in [0.2, 0.25) is 0 Å². The number of hydrogen-bond donors (Lipinski definition) is 0. The second-order valence-corrected chi connectivity index (χ2v) is 2.95. The third-order valence-corrected chi connectivity index (χ3v) is 1.80. The third-order valence-electron chi connectivity index (χ3n) is 1.80. The molecular formula is C8H3F8N. The molecule has 1 aromatic rings. The highest BCUT2D eigenvalue weighted by atomic mass is 19.4. The molecule has 96 valence electrons. The zero-order valence-electron chi connectivity index (χ0n) is 7.70. The van der Waals surface area contributed by atoms with E-state index in [-0.39, 0.29) is 12.4 Å². The van der Waals surface area contributed by atoms with Crippen molar-refractivity contribution in [2.45, 2.75) is 18.8 Å². The molecule has 0 aliphatic carbocycles. The fourth-order valence-electron chi connectivity index (χ4n) is 1.17. The summed E-state index contributed by atoms with van der Waals surface area (Å²) in [5.41, 5.74) is -6.40. The molecule has 0 aliphatic heterocycles. The van der Waals surface area contributed by atoms with Gasteiger partial charge in [0.25, 0.3) is 6.43 Å². The highest BCUT2D eigenvalue weighted by Crippen LogP contribution is 2.43. The molecule has 0 bridgehead atoms. The van der Waals surface area contributed by atoms with Gasteiger partial charge in [-0.3, -0.25) is 4.98 Å². The number of alkyl halides is 8. The predicted molar refractivity (Wildman–Crippen MR) is 39.2 cm³/mol. The van der Waals surface area contributed by atoms with Crippen molar-refractivity contribution < 1.29 is 35.1 Å². The number of nitrogens with zero attached hydrogens (tertiary/aromatic N) is 1. The first-order valence-corrected chi connectivity index (χ1v) is 3.95. The van der Waals surface area contributed by atoms with E-state index in [1.807, 2.05) is 0 Å². The highest BCUT2D eigenvalue weighted by molar-refractivity contribution is 5.37. The van der Waals surface area contributed by atoms with Crippen LogP contribution in [0.15, 0.2) is 12.4 Å². The van der Waals surface area contributed by atoms with Crippen molar-refractivity contribution in [3.05, 3.63) is 29.1 Å². The second-order valence-electron chi connectivity index (χ2n) is 2.95. The van der Waals surface area contributed by atoms with Gasteiger partial charge in [-0.15, -0.1) is 0 Å². The normalized spacial score (nSPS) is 13.2. The molecule has 0 saturated carbocycles. The minimum absolute atomic E-state index is 0.0722. The van der Waals surface area contributed by atoms with E-state index in [0.717, 1.165) is 0 Å². The van der Waals surface area contributed by atoms with Crippen LogP contribution in [0.5, 0.6) is 0 Å². The first kappa shape index (κ1) is 13.7. The van der Waals surface area contributed by atoms with Gasteiger partial charge in [-0.25, -0.2) is 8.78 Å². The van der Waals surface area contributed by atoms with Gasteiger partial charge in [0.1, 0.15) is 0 Å². The average Bonchev–Trinajstić information content (AvgIpc) is 2.13. The largest absolute Gasteiger partial charge is 0.418 e. The van der Waals surface area contributed by atoms with E-state index in [1.54, 1.807) is 0 Å². The summed E-state index contributed by atoms with van der Waals surface area (Å²) >= 11 is 0. The molecule has 1 aromatic heterocycles. The number of pyridine rings is 1. The van der Waals surface area contributed by atoms with E-state index in [9.17, 15) is 35.1 Å². The fraction of sp³-hybridized carbons (Fsp3) is 0.375. The Morgan fingerprint density at radius 3 is 1.76 bits per heavy atom. The second kappa shape index (κ2) is 4.11. The van der Waals surface area contributed by atoms with Crippen molar-refractivity contribution in [2.24, 2.45) is 0 Å². The molecule has 0 fully saturated rings. The Morgan fingerprint density at radius 1 is 0.882 bits per heavy atom. The number of halogens is 8. The minimum Gasteiger partial charge on any atom is -0.264 e. The lowest BCUT2D eigenvalue weighted by Crippen LogP contribution is -2.19. The standard InChI is InChI=1S/C8H3F8N/c9-6(10)3-1-17-2-4(7(11,12)13)5(3)8(14,15)16/h1-2,6H. The monoisotopic (exact) mass is 265 g/mol. The van der Waals surface area contributed by atoms with Gasteiger partial charge < -0.3 is 0 Å². The summed E-state index contributed by atoms with van der Waals surface area (Å²) in [4.78, 5) is 2.75. The van der Waals surface area contributed by atoms with Crippen LogP contribution in [-0.2, 0) is 12.4 Å². The van der Waals surface area contributed by atoms with Crippen LogP contribution in [-0.4, -0.2) is 4.98 Å². The first-order chi connectivity index (χ1) is 7.55. The molecule has 0 unspecified atom stereocenters. The summed E-state index contributed by atoms with van der Waals surface area (Å²) in [7, 11) is 0. The van der Waals surface area contributed by atoms with E-state index in [1.165, 1.54) is 0 Å². The molecule has 0 amide bonds. The van der Waals surface area contributed by atoms with E-state index in [4.69, 9.17) is 0 Å². The van der Waals surface area contributed by atoms with E-state index < -0.39 is 35.5 Å². The van der Waals surface area contributed by atoms with Crippen molar-refractivity contribution >= 4 is 0 Å². The van der Waals surface area contributed by atoms with Crippen LogP contribution in [0, 0.1) is 0 Å². The Morgan fingerprint density at radius 2 is 1.41 bits per heavy atom. The molecule has 0 aromatic carbocycles. The topological polar surface area (TPSA) is 12.9 Å². The van der Waals surface area contributed by atoms with Crippen LogP contribution in [0.1, 0.15) is 23.1 Å². The predicted octanol–water partition coefficient (Wildman–Crippen LogP) is 4.06. The van der Waals surface area contributed by atoms with Gasteiger partial charge in [-0.2, -0.15) is 26.3 Å². The van der Waals surface area contributed by atoms with Crippen LogP contribution < -0.4 is 0 Å². The molecule has 1 nitrogen and oxygen atoms in total. The molecule has 0 N–H and O–H groups in total. The van der Waals surface area contributed by atoms with Gasteiger partial charge >= 0.3 is 12.4 Å². The molecular weight excluding hydrogens is 262 g/mol. The van der Waals surface area contributed by atoms with Gasteiger partial charge in [-0.1, -0.05) is 0 Å². The van der Waals surface area contributed by atoms with Crippen LogP contribution in [0.3, 0.4) is 0 Å². The Hall–Kier alpha value is -1.41. The molecule has 1 rings (SSSR count). The lowest BCUT2D eigenvalue weighted by molar-refractivity contribution is -0.163. The van der Waals surface area contributed by atoms with Gasteiger partial charge in [0, 0.05) is 18.0 Å². The quantitative estimate of drug-likeness (QED) is 0.698. The van der Waals surface area contributed by atoms with Crippen LogP contribution in [0.4, 0.5) is 35.1 Å². The third kappa shape index (κ3) is 2.83. The number of rotatable bonds is 1. The van der Waals surface area contributed by atoms with Gasteiger partial charge in [0.2, 0.25) is 0 Å². The van der Waals surface area contributed by atoms with Crippen LogP contribution >= 0.6 is 0 Å². The first-order valence-electron chi connectivity index (χ1n) is 3.95. The minimum atomic E-state index is -5.53. The molecule has 1 heterocycles. The van der Waals surface area contributed by atoms with Gasteiger partial charge in [0.05, 0.1) is 11.1 Å². The zero-order chi connectivity index (χ0) is 13.4. The molecule has 0 saturated heterocycles. The summed E-state index contributed by atoms with van der Waals surface area (Å²) in [5.74, 6) is 0. The van der Waals surface area contributed by atoms with Crippen molar-refractivity contribution in [3.8, 4) is 0 Å². The summed E-state index contributed by atoms with van der Waals surface area (Å²) in [5, 5.41) is 0. The molecule has 0 spiro atoms. The maximum absolute atomic E-state index is 12.3. The van der Waals surface area contributed by atoms with Gasteiger partial charge in [-0.05, 0) is 0 Å². The Balaban J connectivity index is 3.58.